The predicted molar refractivity (Wildman–Crippen MR) is 103 cm³/mol. The highest BCUT2D eigenvalue weighted by Gasteiger charge is 2.25. The van der Waals surface area contributed by atoms with Crippen molar-refractivity contribution in [2.45, 2.75) is 26.3 Å². The monoisotopic (exact) mass is 359 g/mol. The van der Waals surface area contributed by atoms with E-state index in [2.05, 4.69) is 42.7 Å². The van der Waals surface area contributed by atoms with Gasteiger partial charge in [0, 0.05) is 5.69 Å². The largest absolute Gasteiger partial charge is 0.321 e. The summed E-state index contributed by atoms with van der Waals surface area (Å²) in [7, 11) is 0. The molecule has 0 atom stereocenters. The van der Waals surface area contributed by atoms with Crippen LogP contribution in [-0.2, 0) is 11.3 Å². The summed E-state index contributed by atoms with van der Waals surface area (Å²) < 4.78 is 0. The van der Waals surface area contributed by atoms with Gasteiger partial charge in [-0.1, -0.05) is 38.1 Å². The van der Waals surface area contributed by atoms with Crippen molar-refractivity contribution >= 4 is 22.9 Å². The molecule has 3 rings (SSSR count). The Bertz CT molecular complexity index is 676. The van der Waals surface area contributed by atoms with Crippen LogP contribution in [0.15, 0.2) is 41.8 Å². The fourth-order valence-electron chi connectivity index (χ4n) is 3.51. The van der Waals surface area contributed by atoms with Crippen LogP contribution in [0.3, 0.4) is 0 Å². The molecular weight excluding hydrogens is 330 g/mol. The summed E-state index contributed by atoms with van der Waals surface area (Å²) >= 11 is 1.84. The molecule has 134 valence electrons. The number of carbonyl (C=O) groups is 1. The minimum atomic E-state index is 0.129. The molecule has 0 bridgehead atoms. The number of hydrogen-bond acceptors (Lipinski definition) is 2. The molecule has 25 heavy (non-hydrogen) atoms. The Kier molecular flexibility index (Phi) is 6.24. The van der Waals surface area contributed by atoms with Crippen LogP contribution in [0.5, 0.6) is 0 Å². The van der Waals surface area contributed by atoms with E-state index in [1.54, 1.807) is 4.90 Å². The third kappa shape index (κ3) is 5.14. The second kappa shape index (κ2) is 8.61. The SMILES string of the molecule is CC(C)c1ccccc1NC(=O)C[NH+]1CC[NH+](Cc2cccs2)CC1. The molecule has 3 N–H and O–H groups in total. The number of benzene rings is 1. The van der Waals surface area contributed by atoms with Gasteiger partial charge in [-0.05, 0) is 29.0 Å². The van der Waals surface area contributed by atoms with Gasteiger partial charge in [-0.2, -0.15) is 0 Å². The van der Waals surface area contributed by atoms with Gasteiger partial charge in [0.1, 0.15) is 32.7 Å². The maximum atomic E-state index is 12.5. The van der Waals surface area contributed by atoms with E-state index in [0.717, 1.165) is 38.4 Å². The fourth-order valence-corrected chi connectivity index (χ4v) is 4.28. The van der Waals surface area contributed by atoms with Gasteiger partial charge >= 0.3 is 0 Å². The summed E-state index contributed by atoms with van der Waals surface area (Å²) in [4.78, 5) is 16.9. The average Bonchev–Trinajstić information content (AvgIpc) is 3.10. The average molecular weight is 360 g/mol. The highest BCUT2D eigenvalue weighted by Crippen LogP contribution is 2.23. The lowest BCUT2D eigenvalue weighted by molar-refractivity contribution is -1.01. The lowest BCUT2D eigenvalue weighted by Gasteiger charge is -2.29. The molecule has 2 heterocycles. The van der Waals surface area contributed by atoms with Crippen LogP contribution in [0.1, 0.15) is 30.2 Å². The number of quaternary nitrogens is 2. The molecule has 5 heteroatoms. The van der Waals surface area contributed by atoms with Gasteiger partial charge in [0.25, 0.3) is 5.91 Å². The summed E-state index contributed by atoms with van der Waals surface area (Å²) in [6, 6.07) is 12.5. The third-order valence-corrected chi connectivity index (χ3v) is 5.81. The molecule has 1 aromatic carbocycles. The second-order valence-electron chi connectivity index (χ2n) is 7.22. The molecule has 0 aliphatic carbocycles. The van der Waals surface area contributed by atoms with Crippen LogP contribution in [0, 0.1) is 0 Å². The molecule has 1 amide bonds. The molecule has 1 aliphatic rings. The number of carbonyl (C=O) groups excluding carboxylic acids is 1. The van der Waals surface area contributed by atoms with Crippen molar-refractivity contribution in [2.24, 2.45) is 0 Å². The van der Waals surface area contributed by atoms with Crippen molar-refractivity contribution in [3.8, 4) is 0 Å². The first-order chi connectivity index (χ1) is 12.1. The lowest BCUT2D eigenvalue weighted by Crippen LogP contribution is -3.28. The standard InChI is InChI=1S/C20H27N3OS/c1-16(2)18-7-3-4-8-19(18)21-20(24)15-23-11-9-22(10-12-23)14-17-6-5-13-25-17/h3-8,13,16H,9-12,14-15H2,1-2H3,(H,21,24)/p+2. The van der Waals surface area contributed by atoms with Crippen LogP contribution >= 0.6 is 11.3 Å². The first-order valence-electron chi connectivity index (χ1n) is 9.20. The van der Waals surface area contributed by atoms with E-state index in [1.165, 1.54) is 15.3 Å². The number of hydrogen-bond donors (Lipinski definition) is 3. The van der Waals surface area contributed by atoms with Gasteiger partial charge in [-0.15, -0.1) is 11.3 Å². The van der Waals surface area contributed by atoms with Crippen LogP contribution < -0.4 is 15.1 Å². The Morgan fingerprint density at radius 1 is 1.08 bits per heavy atom. The molecule has 1 aromatic heterocycles. The van der Waals surface area contributed by atoms with E-state index < -0.39 is 0 Å². The zero-order valence-corrected chi connectivity index (χ0v) is 16.0. The minimum absolute atomic E-state index is 0.129. The second-order valence-corrected chi connectivity index (χ2v) is 8.26. The zero-order valence-electron chi connectivity index (χ0n) is 15.2. The highest BCUT2D eigenvalue weighted by atomic mass is 32.1. The molecule has 0 spiro atoms. The van der Waals surface area contributed by atoms with Crippen molar-refractivity contribution < 1.29 is 14.6 Å². The lowest BCUT2D eigenvalue weighted by atomic mass is 10.0. The molecule has 1 aliphatic heterocycles. The van der Waals surface area contributed by atoms with Crippen LogP contribution in [0.25, 0.3) is 0 Å². The van der Waals surface area contributed by atoms with Gasteiger partial charge in [0.15, 0.2) is 6.54 Å². The summed E-state index contributed by atoms with van der Waals surface area (Å²) in [6.45, 7) is 10.4. The number of rotatable bonds is 6. The predicted octanol–water partition coefficient (Wildman–Crippen LogP) is 0.794. The number of para-hydroxylation sites is 1. The summed E-state index contributed by atoms with van der Waals surface area (Å²) in [5.41, 5.74) is 2.17. The van der Waals surface area contributed by atoms with Gasteiger partial charge in [0.2, 0.25) is 0 Å². The van der Waals surface area contributed by atoms with Crippen molar-refractivity contribution in [1.29, 1.82) is 0 Å². The first kappa shape index (κ1) is 18.1. The van der Waals surface area contributed by atoms with E-state index in [9.17, 15) is 4.79 Å². The number of amides is 1. The zero-order chi connectivity index (χ0) is 17.6. The van der Waals surface area contributed by atoms with Gasteiger partial charge in [0.05, 0.1) is 4.88 Å². The highest BCUT2D eigenvalue weighted by molar-refractivity contribution is 7.09. The van der Waals surface area contributed by atoms with E-state index in [-0.39, 0.29) is 5.91 Å². The maximum Gasteiger partial charge on any atom is 0.279 e. The van der Waals surface area contributed by atoms with Crippen molar-refractivity contribution in [2.75, 3.05) is 38.0 Å². The molecular formula is C20H29N3OS+2. The smallest absolute Gasteiger partial charge is 0.279 e. The van der Waals surface area contributed by atoms with Crippen LogP contribution in [0.4, 0.5) is 5.69 Å². The van der Waals surface area contributed by atoms with Crippen molar-refractivity contribution in [3.63, 3.8) is 0 Å². The normalized spacial score (nSPS) is 20.6. The fraction of sp³-hybridized carbons (Fsp3) is 0.450. The minimum Gasteiger partial charge on any atom is -0.321 e. The molecule has 2 aromatic rings. The molecule has 1 saturated heterocycles. The number of anilines is 1. The molecule has 1 fully saturated rings. The number of piperazine rings is 1. The topological polar surface area (TPSA) is 38.0 Å². The Hall–Kier alpha value is -1.69. The molecule has 0 unspecified atom stereocenters. The first-order valence-corrected chi connectivity index (χ1v) is 10.1. The van der Waals surface area contributed by atoms with Crippen molar-refractivity contribution in [1.82, 2.24) is 0 Å². The Balaban J connectivity index is 1.46. The Morgan fingerprint density at radius 2 is 1.80 bits per heavy atom. The Morgan fingerprint density at radius 3 is 2.48 bits per heavy atom. The molecule has 0 radical (unpaired) electrons. The molecule has 0 saturated carbocycles. The van der Waals surface area contributed by atoms with Gasteiger partial charge in [-0.25, -0.2) is 0 Å². The summed E-state index contributed by atoms with van der Waals surface area (Å²) in [5.74, 6) is 0.540. The summed E-state index contributed by atoms with van der Waals surface area (Å²) in [6.07, 6.45) is 0. The number of thiophene rings is 1. The quantitative estimate of drug-likeness (QED) is 0.701. The number of nitrogens with one attached hydrogen (secondary N) is 3. The third-order valence-electron chi connectivity index (χ3n) is 4.94. The van der Waals surface area contributed by atoms with E-state index >= 15 is 0 Å². The summed E-state index contributed by atoms with van der Waals surface area (Å²) in [5, 5.41) is 5.27. The van der Waals surface area contributed by atoms with Crippen LogP contribution in [-0.4, -0.2) is 38.6 Å². The maximum absolute atomic E-state index is 12.5. The van der Waals surface area contributed by atoms with Gasteiger partial charge in [-0.3, -0.25) is 4.79 Å². The van der Waals surface area contributed by atoms with E-state index in [4.69, 9.17) is 0 Å². The van der Waals surface area contributed by atoms with E-state index in [1.807, 2.05) is 29.5 Å². The van der Waals surface area contributed by atoms with Gasteiger partial charge < -0.3 is 15.1 Å². The van der Waals surface area contributed by atoms with E-state index in [0.29, 0.717) is 12.5 Å². The Labute approximate surface area is 154 Å². The van der Waals surface area contributed by atoms with Crippen molar-refractivity contribution in [3.05, 3.63) is 52.2 Å². The van der Waals surface area contributed by atoms with Crippen LogP contribution in [0.2, 0.25) is 0 Å². The molecule has 4 nitrogen and oxygen atoms in total.